The predicted molar refractivity (Wildman–Crippen MR) is 97.3 cm³/mol. The summed E-state index contributed by atoms with van der Waals surface area (Å²) in [6.45, 7) is 12.9. The minimum Gasteiger partial charge on any atom is -0.426 e. The lowest BCUT2D eigenvalue weighted by molar-refractivity contribution is -0.384. The van der Waals surface area contributed by atoms with Gasteiger partial charge in [-0.1, -0.05) is 39.3 Å². The molecule has 2 rings (SSSR count). The van der Waals surface area contributed by atoms with Crippen LogP contribution in [0.1, 0.15) is 0 Å². The number of nitro benzene ring substituents is 1. The van der Waals surface area contributed by atoms with Gasteiger partial charge >= 0.3 is 5.97 Å². The fourth-order valence-electron chi connectivity index (χ4n) is 2.79. The molecule has 130 valence electrons. The van der Waals surface area contributed by atoms with Crippen LogP contribution >= 0.6 is 0 Å². The summed E-state index contributed by atoms with van der Waals surface area (Å²) in [5.41, 5.74) is -0.206. The van der Waals surface area contributed by atoms with Crippen LogP contribution in [-0.4, -0.2) is 27.0 Å². The normalized spacial score (nSPS) is 18.6. The molecule has 1 unspecified atom stereocenters. The number of carbonyl (C=O) groups excluding carboxylic acids is 1. The lowest BCUT2D eigenvalue weighted by atomic mass is 10.3. The Kier molecular flexibility index (Phi) is 4.73. The molecule has 0 amide bonds. The highest BCUT2D eigenvalue weighted by Gasteiger charge is 2.49. The maximum atomic E-state index is 12.4. The van der Waals surface area contributed by atoms with Gasteiger partial charge in [0.15, 0.2) is 0 Å². The van der Waals surface area contributed by atoms with Gasteiger partial charge in [-0.2, -0.15) is 0 Å². The molecule has 0 N–H and O–H groups in total. The third kappa shape index (κ3) is 3.76. The zero-order valence-corrected chi connectivity index (χ0v) is 16.9. The van der Waals surface area contributed by atoms with Crippen molar-refractivity contribution in [3.05, 3.63) is 45.5 Å². The Morgan fingerprint density at radius 2 is 1.62 bits per heavy atom. The highest BCUT2D eigenvalue weighted by atomic mass is 28.3. The van der Waals surface area contributed by atoms with E-state index in [1.165, 1.54) is 24.3 Å². The van der Waals surface area contributed by atoms with E-state index in [0.29, 0.717) is 5.75 Å². The zero-order chi connectivity index (χ0) is 18.3. The van der Waals surface area contributed by atoms with Crippen LogP contribution in [0, 0.1) is 10.1 Å². The van der Waals surface area contributed by atoms with Gasteiger partial charge in [-0.15, -0.1) is 0 Å². The number of hydrogen-bond acceptors (Lipinski definition) is 5. The van der Waals surface area contributed by atoms with E-state index in [2.05, 4.69) is 39.3 Å². The van der Waals surface area contributed by atoms with Gasteiger partial charge in [0.25, 0.3) is 11.6 Å². The van der Waals surface area contributed by atoms with Crippen LogP contribution in [0.5, 0.6) is 5.75 Å². The fraction of sp³-hybridized carbons (Fsp3) is 0.438. The van der Waals surface area contributed by atoms with Crippen LogP contribution in [0.15, 0.2) is 35.4 Å². The lowest BCUT2D eigenvalue weighted by Gasteiger charge is -2.29. The molecule has 0 radical (unpaired) electrons. The molecule has 24 heavy (non-hydrogen) atoms. The molecule has 0 spiro atoms. The molecule has 0 saturated carbocycles. The Morgan fingerprint density at radius 1 is 1.08 bits per heavy atom. The fourth-order valence-corrected chi connectivity index (χ4v) is 8.83. The number of cyclic esters (lactones) is 1. The molecule has 1 aliphatic rings. The minimum absolute atomic E-state index is 0.00913. The van der Waals surface area contributed by atoms with Crippen molar-refractivity contribution in [3.8, 4) is 5.75 Å². The first kappa shape index (κ1) is 18.4. The van der Waals surface area contributed by atoms with E-state index in [9.17, 15) is 14.9 Å². The summed E-state index contributed by atoms with van der Waals surface area (Å²) in [7, 11) is -3.66. The second-order valence-electron chi connectivity index (χ2n) is 8.02. The standard InChI is InChI=1S/C16H23NO5Si2/c1-23(2,3)13-14(24(4,5)6)16(22-15(13)18)21-12-9-7-11(8-10-12)17(19)20/h7-10,13H,1-6H3. The maximum absolute atomic E-state index is 12.4. The third-order valence-corrected chi connectivity index (χ3v) is 8.52. The Balaban J connectivity index is 2.41. The molecule has 1 aliphatic heterocycles. The van der Waals surface area contributed by atoms with Crippen molar-refractivity contribution in [2.45, 2.75) is 44.8 Å². The van der Waals surface area contributed by atoms with Crippen molar-refractivity contribution in [3.63, 3.8) is 0 Å². The maximum Gasteiger partial charge on any atom is 0.317 e. The molecular formula is C16H23NO5Si2. The van der Waals surface area contributed by atoms with Crippen molar-refractivity contribution < 1.29 is 19.2 Å². The molecule has 0 saturated heterocycles. The van der Waals surface area contributed by atoms with Gasteiger partial charge in [0.1, 0.15) is 5.75 Å². The topological polar surface area (TPSA) is 78.7 Å². The van der Waals surface area contributed by atoms with Gasteiger partial charge in [0.2, 0.25) is 0 Å². The molecule has 1 aromatic carbocycles. The average molecular weight is 366 g/mol. The molecule has 0 aliphatic carbocycles. The number of nitro groups is 1. The molecule has 0 aromatic heterocycles. The highest BCUT2D eigenvalue weighted by Crippen LogP contribution is 2.44. The molecule has 6 nitrogen and oxygen atoms in total. The summed E-state index contributed by atoms with van der Waals surface area (Å²) in [5, 5.41) is 11.7. The third-order valence-electron chi connectivity index (χ3n) is 3.87. The zero-order valence-electron chi connectivity index (χ0n) is 14.9. The Labute approximate surface area is 143 Å². The lowest BCUT2D eigenvalue weighted by Crippen LogP contribution is -2.39. The number of carbonyl (C=O) groups is 1. The van der Waals surface area contributed by atoms with Gasteiger partial charge < -0.3 is 9.47 Å². The molecule has 1 atom stereocenters. The highest BCUT2D eigenvalue weighted by molar-refractivity contribution is 6.90. The van der Waals surface area contributed by atoms with E-state index in [0.717, 1.165) is 5.20 Å². The molecule has 0 bridgehead atoms. The van der Waals surface area contributed by atoms with E-state index in [4.69, 9.17) is 9.47 Å². The number of rotatable bonds is 5. The van der Waals surface area contributed by atoms with Gasteiger partial charge in [0.05, 0.1) is 26.6 Å². The van der Waals surface area contributed by atoms with Crippen LogP contribution < -0.4 is 4.74 Å². The van der Waals surface area contributed by atoms with Crippen molar-refractivity contribution in [2.24, 2.45) is 0 Å². The monoisotopic (exact) mass is 365 g/mol. The van der Waals surface area contributed by atoms with Gasteiger partial charge in [-0.25, -0.2) is 0 Å². The number of esters is 1. The predicted octanol–water partition coefficient (Wildman–Crippen LogP) is 4.33. The van der Waals surface area contributed by atoms with E-state index in [1.807, 2.05) is 0 Å². The van der Waals surface area contributed by atoms with Gasteiger partial charge in [0, 0.05) is 17.3 Å². The summed E-state index contributed by atoms with van der Waals surface area (Å²) in [6.07, 6.45) is 0. The van der Waals surface area contributed by atoms with Crippen LogP contribution in [0.2, 0.25) is 44.8 Å². The summed E-state index contributed by atoms with van der Waals surface area (Å²) < 4.78 is 11.3. The van der Waals surface area contributed by atoms with Gasteiger partial charge in [-0.05, 0) is 12.1 Å². The van der Waals surface area contributed by atoms with E-state index < -0.39 is 21.1 Å². The van der Waals surface area contributed by atoms with Crippen LogP contribution in [0.4, 0.5) is 5.69 Å². The SMILES string of the molecule is C[Si](C)(C)C1=C(Oc2ccc([N+](=O)[O-])cc2)OC(=O)C1[Si](C)(C)C. The average Bonchev–Trinajstić information content (AvgIpc) is 2.75. The summed E-state index contributed by atoms with van der Waals surface area (Å²) in [4.78, 5) is 22.7. The quantitative estimate of drug-likeness (QED) is 0.336. The molecule has 8 heteroatoms. The molecule has 0 fully saturated rings. The van der Waals surface area contributed by atoms with Crippen molar-refractivity contribution >= 4 is 27.8 Å². The minimum atomic E-state index is -1.85. The number of hydrogen-bond donors (Lipinski definition) is 0. The van der Waals surface area contributed by atoms with Crippen molar-refractivity contribution in [1.82, 2.24) is 0 Å². The van der Waals surface area contributed by atoms with E-state index in [-0.39, 0.29) is 23.1 Å². The number of benzene rings is 1. The second-order valence-corrected chi connectivity index (χ2v) is 18.4. The Bertz CT molecular complexity index is 699. The summed E-state index contributed by atoms with van der Waals surface area (Å²) in [6, 6.07) is 5.78. The number of ether oxygens (including phenoxy) is 2. The van der Waals surface area contributed by atoms with Crippen molar-refractivity contribution in [2.75, 3.05) is 0 Å². The first-order valence-corrected chi connectivity index (χ1v) is 14.9. The summed E-state index contributed by atoms with van der Waals surface area (Å²) in [5.74, 6) is 0.472. The largest absolute Gasteiger partial charge is 0.426 e. The molecule has 1 aromatic rings. The second kappa shape index (κ2) is 6.17. The van der Waals surface area contributed by atoms with Crippen LogP contribution in [-0.2, 0) is 9.53 Å². The Morgan fingerprint density at radius 3 is 2.04 bits per heavy atom. The first-order valence-electron chi connectivity index (χ1n) is 7.80. The summed E-state index contributed by atoms with van der Waals surface area (Å²) >= 11 is 0. The number of nitrogens with zero attached hydrogens (tertiary/aromatic N) is 1. The molecular weight excluding hydrogens is 342 g/mol. The molecule has 1 heterocycles. The van der Waals surface area contributed by atoms with Crippen LogP contribution in [0.25, 0.3) is 0 Å². The first-order chi connectivity index (χ1) is 10.9. The van der Waals surface area contributed by atoms with E-state index >= 15 is 0 Å². The van der Waals surface area contributed by atoms with Crippen molar-refractivity contribution in [1.29, 1.82) is 0 Å². The smallest absolute Gasteiger partial charge is 0.317 e. The van der Waals surface area contributed by atoms with Gasteiger partial charge in [-0.3, -0.25) is 14.9 Å². The van der Waals surface area contributed by atoms with E-state index in [1.54, 1.807) is 0 Å². The number of non-ortho nitro benzene ring substituents is 1. The Hall–Kier alpha value is -1.94. The van der Waals surface area contributed by atoms with Crippen LogP contribution in [0.3, 0.4) is 0 Å².